The Bertz CT molecular complexity index is 994. The van der Waals surface area contributed by atoms with E-state index in [0.717, 1.165) is 0 Å². The van der Waals surface area contributed by atoms with Crippen LogP contribution in [0.4, 0.5) is 5.69 Å². The van der Waals surface area contributed by atoms with Crippen LogP contribution in [-0.4, -0.2) is 44.9 Å². The van der Waals surface area contributed by atoms with Crippen molar-refractivity contribution in [3.63, 3.8) is 0 Å². The highest BCUT2D eigenvalue weighted by Crippen LogP contribution is 2.23. The summed E-state index contributed by atoms with van der Waals surface area (Å²) in [4.78, 5) is 14.7. The Morgan fingerprint density at radius 2 is 1.70 bits per heavy atom. The van der Waals surface area contributed by atoms with E-state index in [1.54, 1.807) is 38.1 Å². The van der Waals surface area contributed by atoms with E-state index in [1.165, 1.54) is 40.5 Å². The molecule has 8 heteroatoms. The fourth-order valence-corrected chi connectivity index (χ4v) is 4.14. The summed E-state index contributed by atoms with van der Waals surface area (Å²) in [5.74, 6) is 0.383. The number of carbonyl (C=O) groups is 1. The van der Waals surface area contributed by atoms with Gasteiger partial charge in [-0.25, -0.2) is 8.42 Å². The summed E-state index contributed by atoms with van der Waals surface area (Å²) in [5.41, 5.74) is 0.975. The third-order valence-electron chi connectivity index (χ3n) is 4.66. The number of nitrogens with zero attached hydrogens (tertiary/aromatic N) is 3. The second kappa shape index (κ2) is 10.2. The number of ether oxygens (including phenoxy) is 1. The van der Waals surface area contributed by atoms with Crippen LogP contribution in [0.25, 0.3) is 0 Å². The van der Waals surface area contributed by atoms with Gasteiger partial charge in [-0.05, 0) is 69.3 Å². The molecule has 2 aromatic carbocycles. The van der Waals surface area contributed by atoms with Gasteiger partial charge >= 0.3 is 0 Å². The smallest absolute Gasteiger partial charge is 0.258 e. The first-order valence-electron chi connectivity index (χ1n) is 9.72. The molecule has 0 N–H and O–H groups in total. The van der Waals surface area contributed by atoms with Gasteiger partial charge in [0.15, 0.2) is 0 Å². The topological polar surface area (TPSA) is 90.7 Å². The lowest BCUT2D eigenvalue weighted by Gasteiger charge is -2.23. The molecule has 30 heavy (non-hydrogen) atoms. The fourth-order valence-electron chi connectivity index (χ4n) is 2.77. The van der Waals surface area contributed by atoms with Crippen molar-refractivity contribution in [1.29, 1.82) is 5.26 Å². The van der Waals surface area contributed by atoms with Crippen LogP contribution in [0.3, 0.4) is 0 Å². The normalized spacial score (nSPS) is 11.4. The molecule has 7 nitrogen and oxygen atoms in total. The summed E-state index contributed by atoms with van der Waals surface area (Å²) < 4.78 is 32.0. The van der Waals surface area contributed by atoms with Gasteiger partial charge in [-0.2, -0.15) is 9.57 Å². The van der Waals surface area contributed by atoms with Crippen molar-refractivity contribution in [2.24, 2.45) is 0 Å². The van der Waals surface area contributed by atoms with Gasteiger partial charge in [0.05, 0.1) is 24.0 Å². The summed E-state index contributed by atoms with van der Waals surface area (Å²) in [6.07, 6.45) is 0.171. The third kappa shape index (κ3) is 5.38. The Morgan fingerprint density at radius 3 is 2.20 bits per heavy atom. The third-order valence-corrected chi connectivity index (χ3v) is 6.71. The van der Waals surface area contributed by atoms with Gasteiger partial charge in [0.1, 0.15) is 5.75 Å². The second-order valence-corrected chi connectivity index (χ2v) is 8.93. The minimum absolute atomic E-state index is 0.125. The Balaban J connectivity index is 2.31. The van der Waals surface area contributed by atoms with E-state index in [0.29, 0.717) is 23.6 Å². The zero-order chi connectivity index (χ0) is 22.3. The fraction of sp³-hybridized carbons (Fsp3) is 0.364. The van der Waals surface area contributed by atoms with Crippen molar-refractivity contribution in [3.05, 3.63) is 54.1 Å². The van der Waals surface area contributed by atoms with E-state index < -0.39 is 10.0 Å². The SMILES string of the molecule is CCOc1ccc(N(CCC#N)C(=O)c2ccc(S(=O)(=O)N(C)C(C)C)cc2)cc1. The van der Waals surface area contributed by atoms with E-state index in [2.05, 4.69) is 6.07 Å². The Morgan fingerprint density at radius 1 is 1.10 bits per heavy atom. The van der Waals surface area contributed by atoms with Gasteiger partial charge in [0.25, 0.3) is 5.91 Å². The highest BCUT2D eigenvalue weighted by Gasteiger charge is 2.24. The van der Waals surface area contributed by atoms with Crippen molar-refractivity contribution >= 4 is 21.6 Å². The van der Waals surface area contributed by atoms with Gasteiger partial charge in [-0.1, -0.05) is 0 Å². The van der Waals surface area contributed by atoms with E-state index in [9.17, 15) is 13.2 Å². The molecule has 0 saturated carbocycles. The Hall–Kier alpha value is -2.89. The molecule has 0 radical (unpaired) electrons. The maximum absolute atomic E-state index is 13.1. The average Bonchev–Trinajstić information content (AvgIpc) is 2.74. The molecule has 0 aromatic heterocycles. The molecule has 0 unspecified atom stereocenters. The monoisotopic (exact) mass is 429 g/mol. The molecule has 0 aliphatic carbocycles. The highest BCUT2D eigenvalue weighted by molar-refractivity contribution is 7.89. The minimum Gasteiger partial charge on any atom is -0.494 e. The molecule has 0 bridgehead atoms. The number of hydrogen-bond donors (Lipinski definition) is 0. The molecular formula is C22H27N3O4S. The molecule has 0 aliphatic heterocycles. The van der Waals surface area contributed by atoms with E-state index in [1.807, 2.05) is 6.92 Å². The summed E-state index contributed by atoms with van der Waals surface area (Å²) in [5, 5.41) is 8.97. The van der Waals surface area contributed by atoms with Crippen LogP contribution in [-0.2, 0) is 10.0 Å². The number of amides is 1. The van der Waals surface area contributed by atoms with E-state index >= 15 is 0 Å². The first-order chi connectivity index (χ1) is 14.2. The molecular weight excluding hydrogens is 402 g/mol. The van der Waals surface area contributed by atoms with Crippen LogP contribution in [0.2, 0.25) is 0 Å². The number of rotatable bonds is 9. The van der Waals surface area contributed by atoms with Crippen LogP contribution in [0.15, 0.2) is 53.4 Å². The molecule has 0 spiro atoms. The summed E-state index contributed by atoms with van der Waals surface area (Å²) >= 11 is 0. The second-order valence-electron chi connectivity index (χ2n) is 6.93. The Kier molecular flexibility index (Phi) is 7.98. The quantitative estimate of drug-likeness (QED) is 0.606. The first kappa shape index (κ1) is 23.4. The van der Waals surface area contributed by atoms with E-state index in [4.69, 9.17) is 10.00 Å². The van der Waals surface area contributed by atoms with Crippen LogP contribution in [0, 0.1) is 11.3 Å². The number of nitriles is 1. The molecule has 2 rings (SSSR count). The maximum atomic E-state index is 13.1. The number of carbonyl (C=O) groups excluding carboxylic acids is 1. The van der Waals surface area contributed by atoms with Crippen molar-refractivity contribution < 1.29 is 17.9 Å². The molecule has 0 fully saturated rings. The zero-order valence-electron chi connectivity index (χ0n) is 17.7. The highest BCUT2D eigenvalue weighted by atomic mass is 32.2. The van der Waals surface area contributed by atoms with Crippen LogP contribution < -0.4 is 9.64 Å². The largest absolute Gasteiger partial charge is 0.494 e. The Labute approximate surface area is 178 Å². The lowest BCUT2D eigenvalue weighted by molar-refractivity contribution is 0.0987. The van der Waals surface area contributed by atoms with Gasteiger partial charge in [-0.3, -0.25) is 4.79 Å². The lowest BCUT2D eigenvalue weighted by Crippen LogP contribution is -2.33. The minimum atomic E-state index is -3.63. The van der Waals surface area contributed by atoms with Gasteiger partial charge in [0, 0.05) is 30.9 Å². The van der Waals surface area contributed by atoms with Crippen molar-refractivity contribution in [2.45, 2.75) is 38.1 Å². The molecule has 160 valence electrons. The lowest BCUT2D eigenvalue weighted by atomic mass is 10.1. The average molecular weight is 430 g/mol. The number of hydrogen-bond acceptors (Lipinski definition) is 5. The number of anilines is 1. The molecule has 1 amide bonds. The van der Waals surface area contributed by atoms with Crippen LogP contribution >= 0.6 is 0 Å². The molecule has 0 atom stereocenters. The number of sulfonamides is 1. The van der Waals surface area contributed by atoms with Gasteiger partial charge in [-0.15, -0.1) is 0 Å². The molecule has 2 aromatic rings. The van der Waals surface area contributed by atoms with E-state index in [-0.39, 0.29) is 29.8 Å². The van der Waals surface area contributed by atoms with Crippen molar-refractivity contribution in [1.82, 2.24) is 4.31 Å². The standard InChI is InChI=1S/C22H27N3O4S/c1-5-29-20-11-9-19(10-12-20)25(16-6-15-23)22(26)18-7-13-21(14-8-18)30(27,28)24(4)17(2)3/h7-14,17H,5-6,16H2,1-4H3. The van der Waals surface area contributed by atoms with Crippen LogP contribution in [0.1, 0.15) is 37.6 Å². The zero-order valence-corrected chi connectivity index (χ0v) is 18.5. The number of benzene rings is 2. The van der Waals surface area contributed by atoms with Gasteiger partial charge in [0.2, 0.25) is 10.0 Å². The summed E-state index contributed by atoms with van der Waals surface area (Å²) in [6, 6.07) is 14.8. The predicted octanol–water partition coefficient (Wildman–Crippen LogP) is 3.67. The van der Waals surface area contributed by atoms with Gasteiger partial charge < -0.3 is 9.64 Å². The first-order valence-corrected chi connectivity index (χ1v) is 11.2. The molecule has 0 aliphatic rings. The summed E-state index contributed by atoms with van der Waals surface area (Å²) in [7, 11) is -2.10. The van der Waals surface area contributed by atoms with Crippen molar-refractivity contribution in [2.75, 3.05) is 25.1 Å². The maximum Gasteiger partial charge on any atom is 0.258 e. The summed E-state index contributed by atoms with van der Waals surface area (Å²) in [6.45, 7) is 6.23. The predicted molar refractivity (Wildman–Crippen MR) is 116 cm³/mol. The molecule has 0 heterocycles. The van der Waals surface area contributed by atoms with Crippen molar-refractivity contribution in [3.8, 4) is 11.8 Å². The van der Waals surface area contributed by atoms with Crippen LogP contribution in [0.5, 0.6) is 5.75 Å². The molecule has 0 saturated heterocycles.